The third-order valence-electron chi connectivity index (χ3n) is 3.35. The van der Waals surface area contributed by atoms with Crippen molar-refractivity contribution in [1.82, 2.24) is 5.32 Å². The standard InChI is InChI=1S/C16H16BrNOS/c1-3-18-15(14-8-7-10(2)19-14)12-9-20-16-11(12)5-4-6-13(16)17/h4-9,15,18H,3H2,1-2H3. The fourth-order valence-corrected chi connectivity index (χ4v) is 4.09. The van der Waals surface area contributed by atoms with Gasteiger partial charge >= 0.3 is 0 Å². The maximum Gasteiger partial charge on any atom is 0.125 e. The van der Waals surface area contributed by atoms with Gasteiger partial charge in [0.25, 0.3) is 0 Å². The van der Waals surface area contributed by atoms with Crippen molar-refractivity contribution in [3.63, 3.8) is 0 Å². The van der Waals surface area contributed by atoms with E-state index in [9.17, 15) is 0 Å². The van der Waals surface area contributed by atoms with E-state index in [1.807, 2.05) is 13.0 Å². The van der Waals surface area contributed by atoms with E-state index in [-0.39, 0.29) is 6.04 Å². The molecule has 2 nitrogen and oxygen atoms in total. The van der Waals surface area contributed by atoms with E-state index in [1.165, 1.54) is 15.6 Å². The minimum atomic E-state index is 0.108. The predicted octanol–water partition coefficient (Wildman–Crippen LogP) is 5.26. The first kappa shape index (κ1) is 13.9. The smallest absolute Gasteiger partial charge is 0.125 e. The number of hydrogen-bond acceptors (Lipinski definition) is 3. The highest BCUT2D eigenvalue weighted by molar-refractivity contribution is 9.10. The summed E-state index contributed by atoms with van der Waals surface area (Å²) in [6, 6.07) is 10.5. The number of halogens is 1. The monoisotopic (exact) mass is 349 g/mol. The van der Waals surface area contributed by atoms with Gasteiger partial charge in [-0.25, -0.2) is 0 Å². The number of nitrogens with one attached hydrogen (secondary N) is 1. The molecule has 0 radical (unpaired) electrons. The van der Waals surface area contributed by atoms with Crippen molar-refractivity contribution >= 4 is 37.4 Å². The molecule has 1 N–H and O–H groups in total. The highest BCUT2D eigenvalue weighted by Crippen LogP contribution is 2.37. The van der Waals surface area contributed by atoms with Gasteiger partial charge in [-0.05, 0) is 63.9 Å². The zero-order valence-electron chi connectivity index (χ0n) is 11.4. The Hall–Kier alpha value is -1.10. The molecule has 0 saturated carbocycles. The highest BCUT2D eigenvalue weighted by atomic mass is 79.9. The Morgan fingerprint density at radius 2 is 2.15 bits per heavy atom. The predicted molar refractivity (Wildman–Crippen MR) is 88.5 cm³/mol. The molecule has 0 amide bonds. The van der Waals surface area contributed by atoms with Crippen molar-refractivity contribution in [2.75, 3.05) is 6.54 Å². The zero-order chi connectivity index (χ0) is 14.1. The first-order valence-corrected chi connectivity index (χ1v) is 8.33. The minimum Gasteiger partial charge on any atom is -0.464 e. The van der Waals surface area contributed by atoms with Crippen LogP contribution in [0.1, 0.15) is 30.0 Å². The molecule has 1 aromatic carbocycles. The van der Waals surface area contributed by atoms with Crippen molar-refractivity contribution in [3.05, 3.63) is 57.3 Å². The second-order valence-electron chi connectivity index (χ2n) is 4.75. The number of fused-ring (bicyclic) bond motifs is 1. The van der Waals surface area contributed by atoms with E-state index >= 15 is 0 Å². The SMILES string of the molecule is CCNC(c1ccc(C)o1)c1csc2c(Br)cccc12. The summed E-state index contributed by atoms with van der Waals surface area (Å²) >= 11 is 5.39. The Kier molecular flexibility index (Phi) is 3.96. The van der Waals surface area contributed by atoms with Gasteiger partial charge in [0.1, 0.15) is 11.5 Å². The molecule has 1 atom stereocenters. The molecule has 1 unspecified atom stereocenters. The van der Waals surface area contributed by atoms with Gasteiger partial charge in [0, 0.05) is 9.17 Å². The first-order chi connectivity index (χ1) is 9.70. The Balaban J connectivity index is 2.12. The molecular weight excluding hydrogens is 334 g/mol. The number of benzene rings is 1. The van der Waals surface area contributed by atoms with E-state index in [0.717, 1.165) is 22.5 Å². The third kappa shape index (κ3) is 2.43. The summed E-state index contributed by atoms with van der Waals surface area (Å²) in [6.07, 6.45) is 0. The lowest BCUT2D eigenvalue weighted by Gasteiger charge is -2.15. The number of thiophene rings is 1. The highest BCUT2D eigenvalue weighted by Gasteiger charge is 2.20. The van der Waals surface area contributed by atoms with Gasteiger partial charge in [0.2, 0.25) is 0 Å². The molecule has 0 fully saturated rings. The Bertz CT molecular complexity index is 731. The van der Waals surface area contributed by atoms with Crippen molar-refractivity contribution in [3.8, 4) is 0 Å². The summed E-state index contributed by atoms with van der Waals surface area (Å²) in [5.41, 5.74) is 1.28. The van der Waals surface area contributed by atoms with Crippen LogP contribution in [0.25, 0.3) is 10.1 Å². The number of furan rings is 1. The summed E-state index contributed by atoms with van der Waals surface area (Å²) in [7, 11) is 0. The van der Waals surface area contributed by atoms with E-state index in [2.05, 4.69) is 57.8 Å². The quantitative estimate of drug-likeness (QED) is 0.694. The summed E-state index contributed by atoms with van der Waals surface area (Å²) in [5.74, 6) is 1.92. The van der Waals surface area contributed by atoms with Crippen molar-refractivity contribution in [1.29, 1.82) is 0 Å². The molecule has 2 heterocycles. The van der Waals surface area contributed by atoms with Gasteiger partial charge in [-0.3, -0.25) is 0 Å². The molecule has 0 aliphatic heterocycles. The molecule has 4 heteroatoms. The van der Waals surface area contributed by atoms with Crippen LogP contribution < -0.4 is 5.32 Å². The Labute approximate surface area is 130 Å². The maximum atomic E-state index is 5.83. The lowest BCUT2D eigenvalue weighted by molar-refractivity contribution is 0.436. The van der Waals surface area contributed by atoms with E-state index < -0.39 is 0 Å². The molecule has 0 aliphatic carbocycles. The van der Waals surface area contributed by atoms with Gasteiger partial charge in [-0.15, -0.1) is 11.3 Å². The topological polar surface area (TPSA) is 25.2 Å². The molecule has 0 spiro atoms. The van der Waals surface area contributed by atoms with Gasteiger partial charge in [-0.2, -0.15) is 0 Å². The molecular formula is C16H16BrNOS. The first-order valence-electron chi connectivity index (χ1n) is 6.66. The van der Waals surface area contributed by atoms with Crippen molar-refractivity contribution < 1.29 is 4.42 Å². The summed E-state index contributed by atoms with van der Waals surface area (Å²) < 4.78 is 8.27. The fraction of sp³-hybridized carbons (Fsp3) is 0.250. The average molecular weight is 350 g/mol. The second kappa shape index (κ2) is 5.72. The lowest BCUT2D eigenvalue weighted by atomic mass is 10.0. The Morgan fingerprint density at radius 1 is 1.30 bits per heavy atom. The van der Waals surface area contributed by atoms with Crippen LogP contribution in [0, 0.1) is 6.92 Å². The molecule has 0 bridgehead atoms. The molecule has 3 rings (SSSR count). The van der Waals surface area contributed by atoms with Crippen LogP contribution in [-0.4, -0.2) is 6.54 Å². The van der Waals surface area contributed by atoms with Crippen molar-refractivity contribution in [2.45, 2.75) is 19.9 Å². The second-order valence-corrected chi connectivity index (χ2v) is 6.48. The summed E-state index contributed by atoms with van der Waals surface area (Å²) in [5, 5.41) is 7.03. The third-order valence-corrected chi connectivity index (χ3v) is 5.32. The molecule has 2 aromatic heterocycles. The van der Waals surface area contributed by atoms with E-state index in [0.29, 0.717) is 0 Å². The van der Waals surface area contributed by atoms with Crippen LogP contribution in [0.2, 0.25) is 0 Å². The van der Waals surface area contributed by atoms with Gasteiger partial charge < -0.3 is 9.73 Å². The van der Waals surface area contributed by atoms with Gasteiger partial charge in [-0.1, -0.05) is 19.1 Å². The Morgan fingerprint density at radius 3 is 2.85 bits per heavy atom. The molecule has 20 heavy (non-hydrogen) atoms. The van der Waals surface area contributed by atoms with E-state index in [4.69, 9.17) is 4.42 Å². The van der Waals surface area contributed by atoms with Crippen LogP contribution in [0.4, 0.5) is 0 Å². The van der Waals surface area contributed by atoms with Crippen LogP contribution in [-0.2, 0) is 0 Å². The molecule has 104 valence electrons. The van der Waals surface area contributed by atoms with Crippen LogP contribution in [0.5, 0.6) is 0 Å². The minimum absolute atomic E-state index is 0.108. The lowest BCUT2D eigenvalue weighted by Crippen LogP contribution is -2.21. The molecule has 0 saturated heterocycles. The van der Waals surface area contributed by atoms with Crippen LogP contribution in [0.3, 0.4) is 0 Å². The van der Waals surface area contributed by atoms with Crippen molar-refractivity contribution in [2.24, 2.45) is 0 Å². The fourth-order valence-electron chi connectivity index (χ4n) is 2.44. The largest absolute Gasteiger partial charge is 0.464 e. The zero-order valence-corrected chi connectivity index (χ0v) is 13.8. The maximum absolute atomic E-state index is 5.83. The number of rotatable bonds is 4. The molecule has 0 aliphatic rings. The van der Waals surface area contributed by atoms with Crippen LogP contribution >= 0.6 is 27.3 Å². The number of aryl methyl sites for hydroxylation is 1. The molecule has 3 aromatic rings. The summed E-state index contributed by atoms with van der Waals surface area (Å²) in [6.45, 7) is 5.00. The summed E-state index contributed by atoms with van der Waals surface area (Å²) in [4.78, 5) is 0. The average Bonchev–Trinajstić information content (AvgIpc) is 3.04. The van der Waals surface area contributed by atoms with Crippen LogP contribution in [0.15, 0.2) is 44.6 Å². The normalized spacial score (nSPS) is 12.9. The number of hydrogen-bond donors (Lipinski definition) is 1. The van der Waals surface area contributed by atoms with E-state index in [1.54, 1.807) is 11.3 Å². The van der Waals surface area contributed by atoms with Gasteiger partial charge in [0.05, 0.1) is 6.04 Å². The van der Waals surface area contributed by atoms with Gasteiger partial charge in [0.15, 0.2) is 0 Å².